The molecule has 37 heavy (non-hydrogen) atoms. The molecule has 1 aromatic carbocycles. The van der Waals surface area contributed by atoms with Crippen LogP contribution >= 0.6 is 0 Å². The van der Waals surface area contributed by atoms with Gasteiger partial charge in [-0.25, -0.2) is 9.97 Å². The zero-order valence-electron chi connectivity index (χ0n) is 21.7. The van der Waals surface area contributed by atoms with Crippen LogP contribution in [0.4, 0.5) is 5.69 Å². The third-order valence-corrected chi connectivity index (χ3v) is 8.48. The van der Waals surface area contributed by atoms with Gasteiger partial charge in [0.15, 0.2) is 5.65 Å². The van der Waals surface area contributed by atoms with Crippen molar-refractivity contribution in [1.29, 1.82) is 0 Å². The predicted octanol–water partition coefficient (Wildman–Crippen LogP) is 3.63. The van der Waals surface area contributed by atoms with E-state index in [2.05, 4.69) is 44.9 Å². The van der Waals surface area contributed by atoms with Crippen LogP contribution in [0, 0.1) is 5.92 Å². The minimum atomic E-state index is 0.0865. The highest BCUT2D eigenvalue weighted by atomic mass is 16.2. The molecule has 1 saturated carbocycles. The third-order valence-electron chi connectivity index (χ3n) is 8.48. The zero-order chi connectivity index (χ0) is 25.4. The van der Waals surface area contributed by atoms with E-state index in [1.165, 1.54) is 36.1 Å². The summed E-state index contributed by atoms with van der Waals surface area (Å²) in [5.74, 6) is 0.654. The van der Waals surface area contributed by atoms with Crippen molar-refractivity contribution in [2.45, 2.75) is 64.6 Å². The summed E-state index contributed by atoms with van der Waals surface area (Å²) < 4.78 is 1.84. The number of pyridine rings is 1. The van der Waals surface area contributed by atoms with Crippen LogP contribution < -0.4 is 4.90 Å². The summed E-state index contributed by atoms with van der Waals surface area (Å²) in [6, 6.07) is 10.4. The minimum Gasteiger partial charge on any atom is -0.367 e. The highest BCUT2D eigenvalue weighted by molar-refractivity contribution is 5.80. The number of hydrogen-bond donors (Lipinski definition) is 0. The largest absolute Gasteiger partial charge is 0.367 e. The minimum absolute atomic E-state index is 0.0865. The Balaban J connectivity index is 1.14. The summed E-state index contributed by atoms with van der Waals surface area (Å²) in [5, 5.41) is 0. The highest BCUT2D eigenvalue weighted by Crippen LogP contribution is 2.33. The van der Waals surface area contributed by atoms with E-state index in [0.29, 0.717) is 19.0 Å². The van der Waals surface area contributed by atoms with Gasteiger partial charge in [-0.05, 0) is 55.5 Å². The summed E-state index contributed by atoms with van der Waals surface area (Å²) in [6.45, 7) is 6.14. The van der Waals surface area contributed by atoms with Gasteiger partial charge < -0.3 is 19.3 Å². The molecule has 0 spiro atoms. The molecule has 4 heterocycles. The Hall–Kier alpha value is -3.42. The van der Waals surface area contributed by atoms with Crippen LogP contribution in [0.25, 0.3) is 11.2 Å². The van der Waals surface area contributed by atoms with Gasteiger partial charge in [0, 0.05) is 56.6 Å². The highest BCUT2D eigenvalue weighted by Gasteiger charge is 2.32. The SMILES string of the molecule is C[C@@H]1CN(c2cccc3c2CN(C(=O)C2CCCCC2)CC3)CCN1C(=O)Cn1cnc2cccnc21. The second-order valence-electron chi connectivity index (χ2n) is 10.9. The second kappa shape index (κ2) is 10.1. The van der Waals surface area contributed by atoms with Crippen LogP contribution in [0.1, 0.15) is 50.2 Å². The van der Waals surface area contributed by atoms with E-state index in [-0.39, 0.29) is 24.4 Å². The Kier molecular flexibility index (Phi) is 6.57. The van der Waals surface area contributed by atoms with Gasteiger partial charge >= 0.3 is 0 Å². The van der Waals surface area contributed by atoms with Crippen molar-refractivity contribution in [3.63, 3.8) is 0 Å². The van der Waals surface area contributed by atoms with Crippen molar-refractivity contribution in [3.8, 4) is 0 Å². The fraction of sp³-hybridized carbons (Fsp3) is 0.517. The van der Waals surface area contributed by atoms with Crippen molar-refractivity contribution in [3.05, 3.63) is 54.0 Å². The first kappa shape index (κ1) is 23.9. The Morgan fingerprint density at radius 2 is 1.86 bits per heavy atom. The van der Waals surface area contributed by atoms with Crippen LogP contribution in [-0.2, 0) is 29.1 Å². The molecule has 0 N–H and O–H groups in total. The van der Waals surface area contributed by atoms with Crippen LogP contribution in [0.2, 0.25) is 0 Å². The van der Waals surface area contributed by atoms with Crippen LogP contribution in [0.3, 0.4) is 0 Å². The molecule has 2 aliphatic heterocycles. The maximum atomic E-state index is 13.3. The van der Waals surface area contributed by atoms with Crippen molar-refractivity contribution in [2.75, 3.05) is 31.1 Å². The van der Waals surface area contributed by atoms with Crippen LogP contribution in [0.15, 0.2) is 42.9 Å². The third kappa shape index (κ3) is 4.69. The van der Waals surface area contributed by atoms with E-state index in [9.17, 15) is 9.59 Å². The molecule has 3 aliphatic rings. The summed E-state index contributed by atoms with van der Waals surface area (Å²) in [6.07, 6.45) is 10.1. The van der Waals surface area contributed by atoms with Gasteiger partial charge in [-0.15, -0.1) is 0 Å². The number of fused-ring (bicyclic) bond motifs is 2. The standard InChI is InChI=1S/C29H36N6O2/c1-21-17-32(15-16-35(21)27(36)19-34-20-31-25-10-6-13-30-28(25)34)26-11-5-9-22-12-14-33(18-24(22)26)29(37)23-7-3-2-4-8-23/h5-6,9-11,13,20-21,23H,2-4,7-8,12,14-19H2,1H3/t21-/m1/s1. The summed E-state index contributed by atoms with van der Waals surface area (Å²) >= 11 is 0. The Morgan fingerprint density at radius 1 is 1.00 bits per heavy atom. The number of imidazole rings is 1. The number of anilines is 1. The van der Waals surface area contributed by atoms with E-state index in [0.717, 1.165) is 50.1 Å². The van der Waals surface area contributed by atoms with Gasteiger partial charge in [-0.3, -0.25) is 9.59 Å². The quantitative estimate of drug-likeness (QED) is 0.547. The van der Waals surface area contributed by atoms with Gasteiger partial charge in [0.1, 0.15) is 12.1 Å². The van der Waals surface area contributed by atoms with Crippen LogP contribution in [0.5, 0.6) is 0 Å². The van der Waals surface area contributed by atoms with Crippen molar-refractivity contribution >= 4 is 28.7 Å². The lowest BCUT2D eigenvalue weighted by atomic mass is 9.87. The first-order valence-electron chi connectivity index (χ1n) is 13.8. The topological polar surface area (TPSA) is 74.6 Å². The monoisotopic (exact) mass is 500 g/mol. The van der Waals surface area contributed by atoms with Gasteiger partial charge in [0.2, 0.25) is 11.8 Å². The molecule has 1 saturated heterocycles. The first-order valence-corrected chi connectivity index (χ1v) is 13.8. The number of benzene rings is 1. The molecular weight excluding hydrogens is 464 g/mol. The molecule has 2 fully saturated rings. The molecule has 3 aromatic rings. The fourth-order valence-corrected chi connectivity index (χ4v) is 6.45. The molecule has 1 atom stereocenters. The average molecular weight is 501 g/mol. The molecule has 194 valence electrons. The molecule has 0 radical (unpaired) electrons. The Morgan fingerprint density at radius 3 is 2.70 bits per heavy atom. The van der Waals surface area contributed by atoms with E-state index in [1.807, 2.05) is 21.6 Å². The second-order valence-corrected chi connectivity index (χ2v) is 10.9. The maximum absolute atomic E-state index is 13.3. The lowest BCUT2D eigenvalue weighted by Gasteiger charge is -2.43. The fourth-order valence-electron chi connectivity index (χ4n) is 6.45. The summed E-state index contributed by atoms with van der Waals surface area (Å²) in [5.41, 5.74) is 5.42. The summed E-state index contributed by atoms with van der Waals surface area (Å²) in [7, 11) is 0. The molecule has 0 bridgehead atoms. The first-order chi connectivity index (χ1) is 18.1. The smallest absolute Gasteiger partial charge is 0.242 e. The number of carbonyl (C=O) groups excluding carboxylic acids is 2. The van der Waals surface area contributed by atoms with E-state index in [4.69, 9.17) is 0 Å². The number of hydrogen-bond acceptors (Lipinski definition) is 5. The van der Waals surface area contributed by atoms with Gasteiger partial charge in [-0.1, -0.05) is 31.4 Å². The van der Waals surface area contributed by atoms with E-state index in [1.54, 1.807) is 12.5 Å². The molecule has 6 rings (SSSR count). The van der Waals surface area contributed by atoms with E-state index >= 15 is 0 Å². The zero-order valence-corrected chi connectivity index (χ0v) is 21.7. The molecule has 2 aromatic heterocycles. The summed E-state index contributed by atoms with van der Waals surface area (Å²) in [4.78, 5) is 41.8. The van der Waals surface area contributed by atoms with Gasteiger partial charge in [-0.2, -0.15) is 0 Å². The van der Waals surface area contributed by atoms with Crippen molar-refractivity contribution in [2.24, 2.45) is 5.92 Å². The molecule has 0 unspecified atom stereocenters. The number of carbonyl (C=O) groups is 2. The number of aromatic nitrogens is 3. The lowest BCUT2D eigenvalue weighted by molar-refractivity contribution is -0.137. The number of piperazine rings is 1. The lowest BCUT2D eigenvalue weighted by Crippen LogP contribution is -2.55. The normalized spacial score (nSPS) is 20.8. The molecular formula is C29H36N6O2. The van der Waals surface area contributed by atoms with Gasteiger partial charge in [0.25, 0.3) is 0 Å². The molecule has 8 heteroatoms. The maximum Gasteiger partial charge on any atom is 0.242 e. The molecule has 1 aliphatic carbocycles. The van der Waals surface area contributed by atoms with Gasteiger partial charge in [0.05, 0.1) is 6.33 Å². The number of rotatable bonds is 4. The Labute approximate surface area is 218 Å². The number of amides is 2. The van der Waals surface area contributed by atoms with Crippen LogP contribution in [-0.4, -0.2) is 68.4 Å². The van der Waals surface area contributed by atoms with E-state index < -0.39 is 0 Å². The average Bonchev–Trinajstić information content (AvgIpc) is 3.35. The predicted molar refractivity (Wildman–Crippen MR) is 143 cm³/mol. The van der Waals surface area contributed by atoms with Crippen molar-refractivity contribution in [1.82, 2.24) is 24.3 Å². The Bertz CT molecular complexity index is 1300. The molecule has 2 amide bonds. The number of nitrogens with zero attached hydrogens (tertiary/aromatic N) is 6. The molecule has 8 nitrogen and oxygen atoms in total. The van der Waals surface area contributed by atoms with Crippen molar-refractivity contribution < 1.29 is 9.59 Å².